The second-order valence-electron chi connectivity index (χ2n) is 3.10. The van der Waals surface area contributed by atoms with Crippen molar-refractivity contribution < 1.29 is 8.78 Å². The van der Waals surface area contributed by atoms with Crippen LogP contribution in [0, 0.1) is 0 Å². The van der Waals surface area contributed by atoms with Gasteiger partial charge in [0.05, 0.1) is 13.1 Å². The molecule has 2 nitrogen and oxygen atoms in total. The van der Waals surface area contributed by atoms with Crippen molar-refractivity contribution in [2.75, 3.05) is 32.7 Å². The normalized spacial score (nSPS) is 12.5. The second-order valence-corrected chi connectivity index (χ2v) is 3.10. The van der Waals surface area contributed by atoms with Crippen LogP contribution in [0.25, 0.3) is 0 Å². The predicted octanol–water partition coefficient (Wildman–Crippen LogP) is 1.57. The minimum atomic E-state index is -2.61. The summed E-state index contributed by atoms with van der Waals surface area (Å²) in [6, 6.07) is 0. The van der Waals surface area contributed by atoms with Crippen LogP contribution in [0.15, 0.2) is 0 Å². The lowest BCUT2D eigenvalue weighted by molar-refractivity contribution is -0.0279. The van der Waals surface area contributed by atoms with Gasteiger partial charge in [-0.15, -0.1) is 0 Å². The van der Waals surface area contributed by atoms with Gasteiger partial charge in [0.15, 0.2) is 0 Å². The average Bonchev–Trinajstić information content (AvgIpc) is 2.11. The molecule has 0 fully saturated rings. The molecule has 0 spiro atoms. The maximum absolute atomic E-state index is 13.1. The van der Waals surface area contributed by atoms with Crippen LogP contribution >= 0.6 is 0 Å². The highest BCUT2D eigenvalue weighted by molar-refractivity contribution is 4.73. The third kappa shape index (κ3) is 5.93. The van der Waals surface area contributed by atoms with Crippen LogP contribution in [0.4, 0.5) is 8.78 Å². The molecule has 80 valence electrons. The summed E-state index contributed by atoms with van der Waals surface area (Å²) >= 11 is 0. The molecule has 0 aliphatic heterocycles. The lowest BCUT2D eigenvalue weighted by Gasteiger charge is -2.25. The van der Waals surface area contributed by atoms with Crippen molar-refractivity contribution in [1.82, 2.24) is 10.2 Å². The van der Waals surface area contributed by atoms with Crippen LogP contribution in [0.3, 0.4) is 0 Å². The summed E-state index contributed by atoms with van der Waals surface area (Å²) in [5, 5.41) is 2.67. The molecular formula is C9H20F2N2. The number of hydrogen-bond acceptors (Lipinski definition) is 2. The Labute approximate surface area is 79.3 Å². The molecule has 0 atom stereocenters. The average molecular weight is 194 g/mol. The topological polar surface area (TPSA) is 15.3 Å². The van der Waals surface area contributed by atoms with Gasteiger partial charge in [-0.25, -0.2) is 8.78 Å². The Morgan fingerprint density at radius 3 is 2.08 bits per heavy atom. The molecule has 0 aromatic carbocycles. The minimum Gasteiger partial charge on any atom is -0.311 e. The highest BCUT2D eigenvalue weighted by Gasteiger charge is 2.29. The highest BCUT2D eigenvalue weighted by Crippen LogP contribution is 2.13. The molecule has 0 aliphatic carbocycles. The van der Waals surface area contributed by atoms with E-state index < -0.39 is 5.92 Å². The third-order valence-corrected chi connectivity index (χ3v) is 1.98. The number of alkyl halides is 2. The van der Waals surface area contributed by atoms with Crippen molar-refractivity contribution in [2.45, 2.75) is 26.7 Å². The van der Waals surface area contributed by atoms with Gasteiger partial charge in [-0.2, -0.15) is 0 Å². The van der Waals surface area contributed by atoms with Crippen LogP contribution in [0.1, 0.15) is 20.8 Å². The fraction of sp³-hybridized carbons (Fsp3) is 1.00. The van der Waals surface area contributed by atoms with Gasteiger partial charge in [0.2, 0.25) is 0 Å². The number of halogens is 2. The van der Waals surface area contributed by atoms with Crippen LogP contribution < -0.4 is 5.32 Å². The summed E-state index contributed by atoms with van der Waals surface area (Å²) < 4.78 is 26.3. The molecule has 1 N–H and O–H groups in total. The zero-order chi connectivity index (χ0) is 10.3. The fourth-order valence-corrected chi connectivity index (χ4v) is 1.14. The number of rotatable bonds is 7. The number of hydrogen-bond donors (Lipinski definition) is 1. The van der Waals surface area contributed by atoms with Gasteiger partial charge < -0.3 is 5.32 Å². The Hall–Kier alpha value is -0.220. The van der Waals surface area contributed by atoms with E-state index >= 15 is 0 Å². The van der Waals surface area contributed by atoms with Gasteiger partial charge >= 0.3 is 0 Å². The first-order chi connectivity index (χ1) is 6.05. The van der Waals surface area contributed by atoms with E-state index in [1.807, 2.05) is 20.8 Å². The monoisotopic (exact) mass is 194 g/mol. The zero-order valence-corrected chi connectivity index (χ0v) is 8.74. The first-order valence-corrected chi connectivity index (χ1v) is 4.86. The number of nitrogens with zero attached hydrogens (tertiary/aromatic N) is 1. The lowest BCUT2D eigenvalue weighted by atomic mass is 10.3. The fourth-order valence-electron chi connectivity index (χ4n) is 1.14. The van der Waals surface area contributed by atoms with Gasteiger partial charge in [0.25, 0.3) is 5.92 Å². The third-order valence-electron chi connectivity index (χ3n) is 1.98. The quantitative estimate of drug-likeness (QED) is 0.662. The van der Waals surface area contributed by atoms with Crippen molar-refractivity contribution >= 4 is 0 Å². The van der Waals surface area contributed by atoms with Gasteiger partial charge in [-0.3, -0.25) is 4.90 Å². The molecule has 4 heteroatoms. The van der Waals surface area contributed by atoms with E-state index in [2.05, 4.69) is 5.32 Å². The standard InChI is InChI=1S/C9H20F2N2/c1-4-12-7-9(10,11)8-13(5-2)6-3/h12H,4-8H2,1-3H3. The van der Waals surface area contributed by atoms with Gasteiger partial charge in [-0.1, -0.05) is 20.8 Å². The van der Waals surface area contributed by atoms with E-state index in [1.54, 1.807) is 4.90 Å². The molecule has 0 aromatic rings. The van der Waals surface area contributed by atoms with Gasteiger partial charge in [0, 0.05) is 0 Å². The minimum absolute atomic E-state index is 0.146. The molecule has 0 bridgehead atoms. The van der Waals surface area contributed by atoms with E-state index in [1.165, 1.54) is 0 Å². The molecule has 0 rings (SSSR count). The van der Waals surface area contributed by atoms with Crippen molar-refractivity contribution in [2.24, 2.45) is 0 Å². The van der Waals surface area contributed by atoms with Crippen LogP contribution in [-0.4, -0.2) is 43.5 Å². The Morgan fingerprint density at radius 1 is 1.15 bits per heavy atom. The molecule has 0 unspecified atom stereocenters. The highest BCUT2D eigenvalue weighted by atomic mass is 19.3. The summed E-state index contributed by atoms with van der Waals surface area (Å²) in [5.74, 6) is -2.61. The molecule has 0 aliphatic rings. The van der Waals surface area contributed by atoms with Crippen molar-refractivity contribution in [1.29, 1.82) is 0 Å². The predicted molar refractivity (Wildman–Crippen MR) is 51.3 cm³/mol. The van der Waals surface area contributed by atoms with Crippen LogP contribution in [0.5, 0.6) is 0 Å². The molecule has 13 heavy (non-hydrogen) atoms. The maximum atomic E-state index is 13.1. The Kier molecular flexibility index (Phi) is 6.16. The first kappa shape index (κ1) is 12.8. The van der Waals surface area contributed by atoms with Crippen molar-refractivity contribution in [3.63, 3.8) is 0 Å². The smallest absolute Gasteiger partial charge is 0.272 e. The van der Waals surface area contributed by atoms with Crippen molar-refractivity contribution in [3.05, 3.63) is 0 Å². The zero-order valence-electron chi connectivity index (χ0n) is 8.74. The van der Waals surface area contributed by atoms with Gasteiger partial charge in [0.1, 0.15) is 0 Å². The van der Waals surface area contributed by atoms with E-state index in [9.17, 15) is 8.78 Å². The Balaban J connectivity index is 3.83. The molecule has 0 amide bonds. The summed E-state index contributed by atoms with van der Waals surface area (Å²) in [4.78, 5) is 1.73. The summed E-state index contributed by atoms with van der Waals surface area (Å²) in [5.41, 5.74) is 0. The molecule has 0 saturated carbocycles. The lowest BCUT2D eigenvalue weighted by Crippen LogP contribution is -2.43. The molecule has 0 aromatic heterocycles. The van der Waals surface area contributed by atoms with Gasteiger partial charge in [-0.05, 0) is 19.6 Å². The molecule has 0 saturated heterocycles. The van der Waals surface area contributed by atoms with E-state index in [0.29, 0.717) is 19.6 Å². The van der Waals surface area contributed by atoms with Crippen LogP contribution in [0.2, 0.25) is 0 Å². The first-order valence-electron chi connectivity index (χ1n) is 4.86. The summed E-state index contributed by atoms with van der Waals surface area (Å²) in [6.07, 6.45) is 0. The SMILES string of the molecule is CCNCC(F)(F)CN(CC)CC. The molecular weight excluding hydrogens is 174 g/mol. The van der Waals surface area contributed by atoms with E-state index in [0.717, 1.165) is 0 Å². The second kappa shape index (κ2) is 6.27. The molecule has 0 heterocycles. The molecule has 0 radical (unpaired) electrons. The Bertz CT molecular complexity index is 125. The Morgan fingerprint density at radius 2 is 1.69 bits per heavy atom. The van der Waals surface area contributed by atoms with Crippen LogP contribution in [-0.2, 0) is 0 Å². The van der Waals surface area contributed by atoms with E-state index in [4.69, 9.17) is 0 Å². The summed E-state index contributed by atoms with van der Waals surface area (Å²) in [6.45, 7) is 7.20. The summed E-state index contributed by atoms with van der Waals surface area (Å²) in [7, 11) is 0. The largest absolute Gasteiger partial charge is 0.311 e. The maximum Gasteiger partial charge on any atom is 0.272 e. The van der Waals surface area contributed by atoms with E-state index in [-0.39, 0.29) is 13.1 Å². The number of nitrogens with one attached hydrogen (secondary N) is 1. The van der Waals surface area contributed by atoms with Crippen molar-refractivity contribution in [3.8, 4) is 0 Å².